The van der Waals surface area contributed by atoms with Crippen LogP contribution in [0.5, 0.6) is 5.75 Å². The van der Waals surface area contributed by atoms with Gasteiger partial charge in [0, 0.05) is 25.7 Å². The molecule has 0 radical (unpaired) electrons. The number of nitrogens with one attached hydrogen (secondary N) is 2. The molecule has 192 valence electrons. The van der Waals surface area contributed by atoms with E-state index in [4.69, 9.17) is 16.3 Å². The van der Waals surface area contributed by atoms with E-state index < -0.39 is 10.9 Å². The van der Waals surface area contributed by atoms with E-state index in [9.17, 15) is 14.7 Å². The number of ether oxygens (including phenoxy) is 1. The monoisotopic (exact) mass is 522 g/mol. The van der Waals surface area contributed by atoms with Gasteiger partial charge in [-0.15, -0.1) is 0 Å². The summed E-state index contributed by atoms with van der Waals surface area (Å²) < 4.78 is 8.17. The average Bonchev–Trinajstić information content (AvgIpc) is 3.28. The number of hydrogen-bond acceptors (Lipinski definition) is 9. The van der Waals surface area contributed by atoms with E-state index in [1.807, 2.05) is 13.8 Å². The van der Waals surface area contributed by atoms with E-state index in [0.717, 1.165) is 45.4 Å². The Kier molecular flexibility index (Phi) is 8.33. The van der Waals surface area contributed by atoms with Crippen LogP contribution in [0.3, 0.4) is 0 Å². The van der Waals surface area contributed by atoms with Gasteiger partial charge >= 0.3 is 0 Å². The molecule has 0 spiro atoms. The van der Waals surface area contributed by atoms with Crippen LogP contribution in [0.25, 0.3) is 0 Å². The zero-order valence-corrected chi connectivity index (χ0v) is 22.3. The highest BCUT2D eigenvalue weighted by Crippen LogP contribution is 2.43. The molecule has 3 N–H and O–H groups in total. The number of phenols is 1. The van der Waals surface area contributed by atoms with Crippen LogP contribution in [0.1, 0.15) is 47.0 Å². The van der Waals surface area contributed by atoms with Gasteiger partial charge in [-0.05, 0) is 63.7 Å². The van der Waals surface area contributed by atoms with Gasteiger partial charge in [0.05, 0.1) is 33.9 Å². The molecule has 10 heteroatoms. The van der Waals surface area contributed by atoms with Crippen LogP contribution in [-0.2, 0) is 4.74 Å². The molecule has 8 nitrogen and oxygen atoms in total. The highest BCUT2D eigenvalue weighted by molar-refractivity contribution is 7.97. The number of aromatic hydroxyl groups is 1. The molecule has 2 saturated heterocycles. The number of phenolic OH excluding ortho intramolecular Hbond substituents is 1. The van der Waals surface area contributed by atoms with Crippen LogP contribution in [0, 0.1) is 0 Å². The van der Waals surface area contributed by atoms with Crippen LogP contribution < -0.4 is 21.5 Å². The van der Waals surface area contributed by atoms with E-state index in [-0.39, 0.29) is 35.4 Å². The molecular weight excluding hydrogens is 488 g/mol. The van der Waals surface area contributed by atoms with Crippen LogP contribution >= 0.6 is 23.5 Å². The lowest BCUT2D eigenvalue weighted by atomic mass is 10.0. The first-order valence-corrected chi connectivity index (χ1v) is 13.6. The van der Waals surface area contributed by atoms with Crippen LogP contribution in [0.4, 0.5) is 17.1 Å². The molecule has 35 heavy (non-hydrogen) atoms. The third kappa shape index (κ3) is 5.49. The number of halogens is 1. The van der Waals surface area contributed by atoms with Crippen molar-refractivity contribution < 1.29 is 9.84 Å². The lowest BCUT2D eigenvalue weighted by molar-refractivity contribution is 0.0438. The summed E-state index contributed by atoms with van der Waals surface area (Å²) >= 11 is 7.86. The third-order valence-electron chi connectivity index (χ3n) is 7.09. The molecular formula is C25H35ClN4O4S. The number of hydrogen-bond donors (Lipinski definition) is 3. The van der Waals surface area contributed by atoms with Crippen LogP contribution in [-0.4, -0.2) is 64.8 Å². The maximum absolute atomic E-state index is 12.4. The predicted molar refractivity (Wildman–Crippen MR) is 143 cm³/mol. The second-order valence-electron chi connectivity index (χ2n) is 9.48. The zero-order chi connectivity index (χ0) is 25.3. The topological polar surface area (TPSA) is 94.1 Å². The Morgan fingerprint density at radius 3 is 2.54 bits per heavy atom. The fourth-order valence-electron chi connectivity index (χ4n) is 4.93. The van der Waals surface area contributed by atoms with Gasteiger partial charge in [0.1, 0.15) is 11.4 Å². The van der Waals surface area contributed by atoms with Crippen molar-refractivity contribution in [3.05, 3.63) is 37.6 Å². The average molecular weight is 523 g/mol. The lowest BCUT2D eigenvalue weighted by Crippen LogP contribution is -2.49. The number of rotatable bonds is 9. The van der Waals surface area contributed by atoms with Crippen molar-refractivity contribution in [1.29, 1.82) is 0 Å². The molecule has 2 aliphatic rings. The van der Waals surface area contributed by atoms with E-state index in [1.54, 1.807) is 12.1 Å². The molecule has 0 bridgehead atoms. The smallest absolute Gasteiger partial charge is 0.253 e. The van der Waals surface area contributed by atoms with Gasteiger partial charge in [-0.2, -0.15) is 0 Å². The first-order valence-electron chi connectivity index (χ1n) is 12.4. The van der Waals surface area contributed by atoms with Gasteiger partial charge in [0.15, 0.2) is 5.75 Å². The molecule has 0 aromatic heterocycles. The fraction of sp³-hybridized carbons (Fsp3) is 0.600. The summed E-state index contributed by atoms with van der Waals surface area (Å²) in [6.07, 6.45) is 2.83. The summed E-state index contributed by atoms with van der Waals surface area (Å²) in [7, 11) is 0. The van der Waals surface area contributed by atoms with E-state index in [2.05, 4.69) is 33.7 Å². The maximum Gasteiger partial charge on any atom is 0.253 e. The Labute approximate surface area is 215 Å². The van der Waals surface area contributed by atoms with Gasteiger partial charge in [-0.25, -0.2) is 4.31 Å². The highest BCUT2D eigenvalue weighted by Gasteiger charge is 2.32. The van der Waals surface area contributed by atoms with Crippen molar-refractivity contribution in [2.75, 3.05) is 36.8 Å². The molecule has 4 rings (SSSR count). The summed E-state index contributed by atoms with van der Waals surface area (Å²) in [5.41, 5.74) is -0.402. The molecule has 0 aliphatic carbocycles. The normalized spacial score (nSPS) is 24.7. The highest BCUT2D eigenvalue weighted by atomic mass is 35.5. The Bertz CT molecular complexity index is 1120. The lowest BCUT2D eigenvalue weighted by Gasteiger charge is -2.38. The van der Waals surface area contributed by atoms with Crippen LogP contribution in [0.2, 0.25) is 5.02 Å². The minimum absolute atomic E-state index is 0.00486. The second kappa shape index (κ2) is 11.1. The number of anilines is 3. The minimum Gasteiger partial charge on any atom is -0.505 e. The molecule has 0 saturated carbocycles. The summed E-state index contributed by atoms with van der Waals surface area (Å²) in [6, 6.07) is 3.65. The molecule has 2 aromatic carbocycles. The van der Waals surface area contributed by atoms with Crippen molar-refractivity contribution in [1.82, 2.24) is 9.21 Å². The molecule has 2 heterocycles. The summed E-state index contributed by atoms with van der Waals surface area (Å²) in [4.78, 5) is 27.8. The standard InChI is InChI=1S/C25H35ClN4O4S/c1-5-17(19-10-7-15(4)34-19)27-20-21(24(33)23(20)32)28-18-9-8-16(26)25(22(18)31)35-30-12-11-29(6-2)14(3)13-30/h8-9,14-15,17,19,27-28,31H,5-7,10-13H2,1-4H3/t14?,15?,17-,19?/m1/s1. The van der Waals surface area contributed by atoms with Crippen molar-refractivity contribution in [2.24, 2.45) is 0 Å². The summed E-state index contributed by atoms with van der Waals surface area (Å²) in [6.45, 7) is 12.1. The number of nitrogens with zero attached hydrogens (tertiary/aromatic N) is 2. The van der Waals surface area contributed by atoms with Crippen molar-refractivity contribution >= 4 is 40.6 Å². The van der Waals surface area contributed by atoms with Crippen molar-refractivity contribution in [3.63, 3.8) is 0 Å². The first-order chi connectivity index (χ1) is 16.7. The van der Waals surface area contributed by atoms with Crippen molar-refractivity contribution in [2.45, 2.75) is 76.1 Å². The molecule has 2 fully saturated rings. The minimum atomic E-state index is -0.601. The summed E-state index contributed by atoms with van der Waals surface area (Å²) in [5.74, 6) is -0.0351. The molecule has 0 amide bonds. The van der Waals surface area contributed by atoms with Gasteiger partial charge in [-0.3, -0.25) is 14.5 Å². The summed E-state index contributed by atoms with van der Waals surface area (Å²) in [5, 5.41) is 17.7. The van der Waals surface area contributed by atoms with E-state index in [0.29, 0.717) is 21.6 Å². The molecule has 2 aliphatic heterocycles. The quantitative estimate of drug-likeness (QED) is 0.255. The van der Waals surface area contributed by atoms with Crippen molar-refractivity contribution in [3.8, 4) is 5.75 Å². The van der Waals surface area contributed by atoms with Gasteiger partial charge in [0.2, 0.25) is 0 Å². The second-order valence-corrected chi connectivity index (χ2v) is 11.0. The Morgan fingerprint density at radius 1 is 1.17 bits per heavy atom. The maximum atomic E-state index is 12.4. The number of benzene rings is 1. The number of likely N-dealkylation sites (N-methyl/N-ethyl adjacent to an activating group) is 1. The Morgan fingerprint density at radius 2 is 1.91 bits per heavy atom. The molecule has 3 unspecified atom stereocenters. The molecule has 2 aromatic rings. The third-order valence-corrected chi connectivity index (χ3v) is 8.70. The van der Waals surface area contributed by atoms with E-state index >= 15 is 0 Å². The van der Waals surface area contributed by atoms with Gasteiger partial charge in [0.25, 0.3) is 10.9 Å². The largest absolute Gasteiger partial charge is 0.505 e. The zero-order valence-electron chi connectivity index (χ0n) is 20.8. The van der Waals surface area contributed by atoms with E-state index in [1.165, 1.54) is 11.9 Å². The first kappa shape index (κ1) is 26.3. The molecule has 4 atom stereocenters. The van der Waals surface area contributed by atoms with Crippen LogP contribution in [0.15, 0.2) is 26.6 Å². The number of piperazine rings is 1. The van der Waals surface area contributed by atoms with Gasteiger partial charge in [-0.1, -0.05) is 25.4 Å². The SMILES string of the molecule is CC[C@@H](Nc1c(Nc2ccc(Cl)c(SN3CCN(CC)C(C)C3)c2O)c(=O)c1=O)C1CCC(C)O1. The Balaban J connectivity index is 1.51. The fourth-order valence-corrected chi connectivity index (χ4v) is 6.26. The van der Waals surface area contributed by atoms with Gasteiger partial charge < -0.3 is 20.5 Å². The predicted octanol–water partition coefficient (Wildman–Crippen LogP) is 4.18. The Hall–Kier alpha value is -1.78.